The largest absolute Gasteiger partial charge is 0.490 e. The number of ether oxygens (including phenoxy) is 3. The summed E-state index contributed by atoms with van der Waals surface area (Å²) in [5.74, 6) is -0.493. The van der Waals surface area contributed by atoms with Gasteiger partial charge in [-0.15, -0.1) is 11.3 Å². The van der Waals surface area contributed by atoms with Gasteiger partial charge in [0.05, 0.1) is 24.4 Å². The summed E-state index contributed by atoms with van der Waals surface area (Å²) in [6, 6.07) is 14.9. The first-order valence-corrected chi connectivity index (χ1v) is 12.6. The van der Waals surface area contributed by atoms with Crippen molar-refractivity contribution in [2.75, 3.05) is 13.2 Å². The predicted molar refractivity (Wildman–Crippen MR) is 140 cm³/mol. The standard InChI is InChI=1S/C29H25FN2O5S/c1-4-35-26-13-20(8-11-25(26)37-17-19-6-9-22(30)10-7-19)12-21(15-31)24(33)14-27-23(16-32)18(3)28(38-27)29(34)36-5-2/h6-13H,4-5,14,17H2,1-3H3/b21-12+. The monoisotopic (exact) mass is 532 g/mol. The Kier molecular flexibility index (Phi) is 9.75. The molecule has 0 fully saturated rings. The van der Waals surface area contributed by atoms with Gasteiger partial charge in [-0.25, -0.2) is 9.18 Å². The zero-order valence-corrected chi connectivity index (χ0v) is 22.0. The number of ketones is 1. The van der Waals surface area contributed by atoms with Crippen molar-refractivity contribution in [1.29, 1.82) is 10.5 Å². The Labute approximate surface area is 224 Å². The molecule has 38 heavy (non-hydrogen) atoms. The van der Waals surface area contributed by atoms with Gasteiger partial charge in [-0.1, -0.05) is 18.2 Å². The van der Waals surface area contributed by atoms with Crippen LogP contribution in [0.4, 0.5) is 4.39 Å². The highest BCUT2D eigenvalue weighted by molar-refractivity contribution is 7.14. The zero-order valence-electron chi connectivity index (χ0n) is 21.2. The lowest BCUT2D eigenvalue weighted by Gasteiger charge is -2.13. The van der Waals surface area contributed by atoms with Crippen molar-refractivity contribution in [2.45, 2.75) is 33.8 Å². The molecule has 0 N–H and O–H groups in total. The van der Waals surface area contributed by atoms with E-state index in [1.807, 2.05) is 19.1 Å². The van der Waals surface area contributed by atoms with Crippen molar-refractivity contribution < 1.29 is 28.2 Å². The Balaban J connectivity index is 1.82. The summed E-state index contributed by atoms with van der Waals surface area (Å²) < 4.78 is 29.7. The van der Waals surface area contributed by atoms with Crippen molar-refractivity contribution in [3.05, 3.63) is 85.9 Å². The third-order valence-corrected chi connectivity index (χ3v) is 6.69. The Morgan fingerprint density at radius 3 is 2.39 bits per heavy atom. The van der Waals surface area contributed by atoms with Gasteiger partial charge >= 0.3 is 5.97 Å². The number of esters is 1. The van der Waals surface area contributed by atoms with Crippen molar-refractivity contribution in [1.82, 2.24) is 0 Å². The van der Waals surface area contributed by atoms with E-state index in [0.717, 1.165) is 16.9 Å². The third-order valence-electron chi connectivity index (χ3n) is 5.42. The second kappa shape index (κ2) is 13.2. The van der Waals surface area contributed by atoms with Crippen molar-refractivity contribution >= 4 is 29.2 Å². The molecule has 9 heteroatoms. The lowest BCUT2D eigenvalue weighted by atomic mass is 10.0. The quantitative estimate of drug-likeness (QED) is 0.171. The maximum Gasteiger partial charge on any atom is 0.348 e. The summed E-state index contributed by atoms with van der Waals surface area (Å²) in [5.41, 5.74) is 1.91. The Hall–Kier alpha value is -4.47. The molecule has 0 amide bonds. The predicted octanol–water partition coefficient (Wildman–Crippen LogP) is 5.94. The number of thiophene rings is 1. The molecular weight excluding hydrogens is 507 g/mol. The fourth-order valence-corrected chi connectivity index (χ4v) is 4.71. The molecule has 3 aromatic rings. The van der Waals surface area contributed by atoms with Crippen LogP contribution in [-0.4, -0.2) is 25.0 Å². The summed E-state index contributed by atoms with van der Waals surface area (Å²) in [4.78, 5) is 25.9. The first-order chi connectivity index (χ1) is 18.3. The lowest BCUT2D eigenvalue weighted by molar-refractivity contribution is -0.114. The zero-order chi connectivity index (χ0) is 27.7. The highest BCUT2D eigenvalue weighted by Crippen LogP contribution is 2.32. The van der Waals surface area contributed by atoms with Crippen molar-refractivity contribution in [3.63, 3.8) is 0 Å². The molecule has 0 atom stereocenters. The number of allylic oxidation sites excluding steroid dienone is 1. The average Bonchev–Trinajstić information content (AvgIpc) is 3.22. The van der Waals surface area contributed by atoms with E-state index in [2.05, 4.69) is 0 Å². The van der Waals surface area contributed by atoms with Crippen LogP contribution in [0.3, 0.4) is 0 Å². The lowest BCUT2D eigenvalue weighted by Crippen LogP contribution is -2.05. The topological polar surface area (TPSA) is 109 Å². The van der Waals surface area contributed by atoms with E-state index < -0.39 is 11.8 Å². The summed E-state index contributed by atoms with van der Waals surface area (Å²) in [6.07, 6.45) is 1.23. The van der Waals surface area contributed by atoms with Crippen LogP contribution in [0.25, 0.3) is 6.08 Å². The van der Waals surface area contributed by atoms with Gasteiger partial charge < -0.3 is 14.2 Å². The van der Waals surface area contributed by atoms with Crippen LogP contribution in [0.5, 0.6) is 11.5 Å². The molecule has 0 saturated carbocycles. The molecule has 0 unspecified atom stereocenters. The van der Waals surface area contributed by atoms with Crippen LogP contribution in [0.1, 0.15) is 50.7 Å². The fourth-order valence-electron chi connectivity index (χ4n) is 3.56. The van der Waals surface area contributed by atoms with Gasteiger partial charge in [0, 0.05) is 11.3 Å². The number of benzene rings is 2. The number of carbonyl (C=O) groups excluding carboxylic acids is 2. The van der Waals surface area contributed by atoms with E-state index in [9.17, 15) is 24.5 Å². The Morgan fingerprint density at radius 1 is 1.03 bits per heavy atom. The maximum atomic E-state index is 13.1. The number of hydrogen-bond acceptors (Lipinski definition) is 8. The smallest absolute Gasteiger partial charge is 0.348 e. The summed E-state index contributed by atoms with van der Waals surface area (Å²) >= 11 is 1.02. The van der Waals surface area contributed by atoms with Crippen LogP contribution in [0, 0.1) is 35.4 Å². The maximum absolute atomic E-state index is 13.1. The second-order valence-corrected chi connectivity index (χ2v) is 9.12. The number of hydrogen-bond donors (Lipinski definition) is 0. The SMILES string of the molecule is CCOC(=O)c1sc(CC(=O)/C(C#N)=C/c2ccc(OCc3ccc(F)cc3)c(OCC)c2)c(C#N)c1C. The van der Waals surface area contributed by atoms with Crippen LogP contribution in [0.2, 0.25) is 0 Å². The number of nitrogens with zero attached hydrogens (tertiary/aromatic N) is 2. The van der Waals surface area contributed by atoms with Crippen molar-refractivity contribution in [2.24, 2.45) is 0 Å². The minimum Gasteiger partial charge on any atom is -0.490 e. The summed E-state index contributed by atoms with van der Waals surface area (Å²) in [6.45, 7) is 5.88. The number of halogens is 1. The molecule has 1 aromatic heterocycles. The van der Waals surface area contributed by atoms with Crippen molar-refractivity contribution in [3.8, 4) is 23.6 Å². The van der Waals surface area contributed by atoms with Gasteiger partial charge in [0.2, 0.25) is 0 Å². The van der Waals surface area contributed by atoms with Gasteiger partial charge in [0.1, 0.15) is 29.4 Å². The normalized spacial score (nSPS) is 10.8. The Morgan fingerprint density at radius 2 is 1.76 bits per heavy atom. The molecule has 0 radical (unpaired) electrons. The molecule has 0 spiro atoms. The second-order valence-electron chi connectivity index (χ2n) is 8.01. The number of nitriles is 2. The first kappa shape index (κ1) is 28.1. The minimum absolute atomic E-state index is 0.111. The molecule has 0 saturated heterocycles. The summed E-state index contributed by atoms with van der Waals surface area (Å²) in [7, 11) is 0. The number of rotatable bonds is 11. The van der Waals surface area contributed by atoms with Gasteiger partial charge in [-0.2, -0.15) is 10.5 Å². The fraction of sp³-hybridized carbons (Fsp3) is 0.241. The summed E-state index contributed by atoms with van der Waals surface area (Å²) in [5, 5.41) is 19.3. The van der Waals surface area contributed by atoms with Gasteiger partial charge in [-0.3, -0.25) is 4.79 Å². The highest BCUT2D eigenvalue weighted by atomic mass is 32.1. The molecule has 194 valence electrons. The van der Waals surface area contributed by atoms with E-state index in [0.29, 0.717) is 34.1 Å². The van der Waals surface area contributed by atoms with Crippen LogP contribution in [-0.2, 0) is 22.6 Å². The molecule has 0 aliphatic heterocycles. The van der Waals surface area contributed by atoms with Crippen LogP contribution in [0.15, 0.2) is 48.0 Å². The van der Waals surface area contributed by atoms with Gasteiger partial charge in [0.15, 0.2) is 17.3 Å². The van der Waals surface area contributed by atoms with E-state index in [1.165, 1.54) is 18.2 Å². The molecule has 2 aromatic carbocycles. The minimum atomic E-state index is -0.550. The molecule has 1 heterocycles. The number of carbonyl (C=O) groups is 2. The number of Topliss-reactive ketones (excluding diaryl/α,β-unsaturated/α-hetero) is 1. The highest BCUT2D eigenvalue weighted by Gasteiger charge is 2.23. The molecule has 7 nitrogen and oxygen atoms in total. The van der Waals surface area contributed by atoms with E-state index in [4.69, 9.17) is 14.2 Å². The van der Waals surface area contributed by atoms with Crippen LogP contribution >= 0.6 is 11.3 Å². The Bertz CT molecular complexity index is 1450. The van der Waals surface area contributed by atoms with Gasteiger partial charge in [0.25, 0.3) is 0 Å². The van der Waals surface area contributed by atoms with E-state index in [-0.39, 0.29) is 41.5 Å². The van der Waals surface area contributed by atoms with E-state index in [1.54, 1.807) is 44.2 Å². The van der Waals surface area contributed by atoms with Gasteiger partial charge in [-0.05, 0) is 67.8 Å². The third kappa shape index (κ3) is 6.84. The molecule has 0 aliphatic carbocycles. The molecule has 0 aliphatic rings. The molecular formula is C29H25FN2O5S. The molecule has 3 rings (SSSR count). The van der Waals surface area contributed by atoms with Crippen LogP contribution < -0.4 is 9.47 Å². The average molecular weight is 533 g/mol. The molecule has 0 bridgehead atoms. The van der Waals surface area contributed by atoms with E-state index >= 15 is 0 Å². The first-order valence-electron chi connectivity index (χ1n) is 11.8.